The van der Waals surface area contributed by atoms with Crippen LogP contribution in [0.4, 0.5) is 0 Å². The van der Waals surface area contributed by atoms with E-state index in [1.807, 2.05) is 4.90 Å². The van der Waals surface area contributed by atoms with Gasteiger partial charge in [0, 0.05) is 19.7 Å². The van der Waals surface area contributed by atoms with E-state index in [1.54, 1.807) is 7.11 Å². The Morgan fingerprint density at radius 3 is 2.67 bits per heavy atom. The summed E-state index contributed by atoms with van der Waals surface area (Å²) < 4.78 is 10.1. The third kappa shape index (κ3) is 5.71. The highest BCUT2D eigenvalue weighted by atomic mass is 16.5. The number of hydrogen-bond acceptors (Lipinski definition) is 4. The first-order valence-electron chi connectivity index (χ1n) is 5.26. The molecule has 0 atom stereocenters. The molecule has 5 nitrogen and oxygen atoms in total. The van der Waals surface area contributed by atoms with Crippen molar-refractivity contribution in [3.05, 3.63) is 0 Å². The van der Waals surface area contributed by atoms with Crippen LogP contribution < -0.4 is 0 Å². The van der Waals surface area contributed by atoms with E-state index < -0.39 is 5.97 Å². The molecule has 0 saturated heterocycles. The molecule has 0 amide bonds. The smallest absolute Gasteiger partial charge is 0.317 e. The van der Waals surface area contributed by atoms with E-state index in [4.69, 9.17) is 14.6 Å². The minimum atomic E-state index is -0.765. The maximum absolute atomic E-state index is 10.6. The lowest BCUT2D eigenvalue weighted by atomic mass is 10.4. The van der Waals surface area contributed by atoms with Gasteiger partial charge < -0.3 is 14.6 Å². The van der Waals surface area contributed by atoms with Gasteiger partial charge in [0.25, 0.3) is 0 Å². The third-order valence-electron chi connectivity index (χ3n) is 2.36. The van der Waals surface area contributed by atoms with Gasteiger partial charge >= 0.3 is 5.97 Å². The second-order valence-corrected chi connectivity index (χ2v) is 3.70. The molecule has 1 fully saturated rings. The van der Waals surface area contributed by atoms with Gasteiger partial charge in [0.15, 0.2) is 0 Å². The molecule has 5 heteroatoms. The van der Waals surface area contributed by atoms with E-state index in [9.17, 15) is 4.79 Å². The lowest BCUT2D eigenvalue weighted by Crippen LogP contribution is -2.34. The lowest BCUT2D eigenvalue weighted by molar-refractivity contribution is -0.138. The van der Waals surface area contributed by atoms with Gasteiger partial charge in [-0.2, -0.15) is 0 Å². The molecule has 0 radical (unpaired) electrons. The Bertz CT molecular complexity index is 194. The Hall–Kier alpha value is -0.650. The SMILES string of the molecule is COCCOCCN(CC(=O)O)C1CC1. The van der Waals surface area contributed by atoms with Crippen LogP contribution in [0.3, 0.4) is 0 Å². The molecule has 0 aromatic heterocycles. The number of nitrogens with zero attached hydrogens (tertiary/aromatic N) is 1. The fraction of sp³-hybridized carbons (Fsp3) is 0.900. The minimum Gasteiger partial charge on any atom is -0.480 e. The average molecular weight is 217 g/mol. The monoisotopic (exact) mass is 217 g/mol. The third-order valence-corrected chi connectivity index (χ3v) is 2.36. The Morgan fingerprint density at radius 2 is 2.13 bits per heavy atom. The quantitative estimate of drug-likeness (QED) is 0.559. The summed E-state index contributed by atoms with van der Waals surface area (Å²) in [5.41, 5.74) is 0. The summed E-state index contributed by atoms with van der Waals surface area (Å²) in [7, 11) is 1.63. The number of aliphatic carboxylic acids is 1. The van der Waals surface area contributed by atoms with Gasteiger partial charge in [-0.1, -0.05) is 0 Å². The number of ether oxygens (including phenoxy) is 2. The lowest BCUT2D eigenvalue weighted by Gasteiger charge is -2.19. The van der Waals surface area contributed by atoms with Gasteiger partial charge in [0.1, 0.15) is 0 Å². The Kier molecular flexibility index (Phi) is 5.60. The molecule has 15 heavy (non-hydrogen) atoms. The van der Waals surface area contributed by atoms with Crippen LogP contribution >= 0.6 is 0 Å². The van der Waals surface area contributed by atoms with E-state index in [0.29, 0.717) is 32.4 Å². The van der Waals surface area contributed by atoms with Crippen LogP contribution in [-0.2, 0) is 14.3 Å². The summed E-state index contributed by atoms with van der Waals surface area (Å²) in [6, 6.07) is 0.465. The molecule has 0 bridgehead atoms. The zero-order valence-corrected chi connectivity index (χ0v) is 9.15. The average Bonchev–Trinajstić information content (AvgIpc) is 2.98. The van der Waals surface area contributed by atoms with Crippen molar-refractivity contribution < 1.29 is 19.4 Å². The Labute approximate surface area is 90.0 Å². The summed E-state index contributed by atoms with van der Waals surface area (Å²) in [4.78, 5) is 12.5. The summed E-state index contributed by atoms with van der Waals surface area (Å²) in [6.45, 7) is 2.55. The first-order chi connectivity index (χ1) is 7.24. The van der Waals surface area contributed by atoms with Crippen molar-refractivity contribution in [1.82, 2.24) is 4.90 Å². The van der Waals surface area contributed by atoms with E-state index in [0.717, 1.165) is 12.8 Å². The molecule has 1 N–H and O–H groups in total. The van der Waals surface area contributed by atoms with Crippen LogP contribution in [0.2, 0.25) is 0 Å². The molecule has 0 aromatic carbocycles. The molecule has 1 aliphatic carbocycles. The molecule has 0 heterocycles. The van der Waals surface area contributed by atoms with E-state index in [1.165, 1.54) is 0 Å². The first-order valence-corrected chi connectivity index (χ1v) is 5.26. The van der Waals surface area contributed by atoms with Crippen LogP contribution in [0.15, 0.2) is 0 Å². The molecule has 0 aliphatic heterocycles. The van der Waals surface area contributed by atoms with Crippen molar-refractivity contribution in [3.63, 3.8) is 0 Å². The summed E-state index contributed by atoms with van der Waals surface area (Å²) in [5, 5.41) is 8.70. The molecule has 1 aliphatic rings. The number of rotatable bonds is 9. The molecule has 0 spiro atoms. The van der Waals surface area contributed by atoms with Crippen molar-refractivity contribution in [1.29, 1.82) is 0 Å². The zero-order valence-electron chi connectivity index (χ0n) is 9.15. The highest BCUT2D eigenvalue weighted by Gasteiger charge is 2.29. The summed E-state index contributed by atoms with van der Waals surface area (Å²) >= 11 is 0. The molecule has 1 saturated carbocycles. The van der Waals surface area contributed by atoms with Gasteiger partial charge in [-0.25, -0.2) is 0 Å². The second kappa shape index (κ2) is 6.76. The molecule has 1 rings (SSSR count). The number of hydrogen-bond donors (Lipinski definition) is 1. The van der Waals surface area contributed by atoms with Gasteiger partial charge in [-0.05, 0) is 12.8 Å². The van der Waals surface area contributed by atoms with E-state index in [2.05, 4.69) is 0 Å². The fourth-order valence-corrected chi connectivity index (χ4v) is 1.43. The molecule has 0 unspecified atom stereocenters. The Balaban J connectivity index is 2.06. The molecular weight excluding hydrogens is 198 g/mol. The summed E-state index contributed by atoms with van der Waals surface area (Å²) in [6.07, 6.45) is 2.23. The number of methoxy groups -OCH3 is 1. The van der Waals surface area contributed by atoms with Crippen molar-refractivity contribution in [2.24, 2.45) is 0 Å². The highest BCUT2D eigenvalue weighted by molar-refractivity contribution is 5.69. The van der Waals surface area contributed by atoms with Crippen LogP contribution in [0.1, 0.15) is 12.8 Å². The van der Waals surface area contributed by atoms with E-state index in [-0.39, 0.29) is 6.54 Å². The van der Waals surface area contributed by atoms with Gasteiger partial charge in [0.2, 0.25) is 0 Å². The van der Waals surface area contributed by atoms with Crippen LogP contribution in [0.5, 0.6) is 0 Å². The zero-order chi connectivity index (χ0) is 11.1. The minimum absolute atomic E-state index is 0.123. The fourth-order valence-electron chi connectivity index (χ4n) is 1.43. The van der Waals surface area contributed by atoms with Crippen LogP contribution in [0, 0.1) is 0 Å². The molecule has 88 valence electrons. The number of carboxylic acid groups (broad SMARTS) is 1. The van der Waals surface area contributed by atoms with Crippen molar-refractivity contribution in [3.8, 4) is 0 Å². The topological polar surface area (TPSA) is 59.0 Å². The largest absolute Gasteiger partial charge is 0.480 e. The Morgan fingerprint density at radius 1 is 1.40 bits per heavy atom. The normalized spacial score (nSPS) is 15.9. The van der Waals surface area contributed by atoms with Crippen molar-refractivity contribution >= 4 is 5.97 Å². The predicted octanol–water partition coefficient (Wildman–Crippen LogP) is 0.198. The second-order valence-electron chi connectivity index (χ2n) is 3.70. The molecule has 0 aromatic rings. The number of carbonyl (C=O) groups is 1. The highest BCUT2D eigenvalue weighted by Crippen LogP contribution is 2.26. The maximum Gasteiger partial charge on any atom is 0.317 e. The van der Waals surface area contributed by atoms with E-state index >= 15 is 0 Å². The van der Waals surface area contributed by atoms with Gasteiger partial charge in [-0.3, -0.25) is 9.69 Å². The number of carboxylic acids is 1. The van der Waals surface area contributed by atoms with Crippen molar-refractivity contribution in [2.45, 2.75) is 18.9 Å². The van der Waals surface area contributed by atoms with Gasteiger partial charge in [0.05, 0.1) is 26.4 Å². The maximum atomic E-state index is 10.6. The summed E-state index contributed by atoms with van der Waals surface area (Å²) in [5.74, 6) is -0.765. The van der Waals surface area contributed by atoms with Gasteiger partial charge in [-0.15, -0.1) is 0 Å². The van der Waals surface area contributed by atoms with Crippen LogP contribution in [0.25, 0.3) is 0 Å². The predicted molar refractivity (Wildman–Crippen MR) is 54.9 cm³/mol. The standard InChI is InChI=1S/C10H19NO4/c1-14-6-7-15-5-4-11(8-10(12)13)9-2-3-9/h9H,2-8H2,1H3,(H,12,13). The van der Waals surface area contributed by atoms with Crippen LogP contribution in [-0.4, -0.2) is 62.0 Å². The first kappa shape index (κ1) is 12.4. The van der Waals surface area contributed by atoms with Crippen molar-refractivity contribution in [2.75, 3.05) is 40.0 Å². The molecular formula is C10H19NO4.